The third-order valence-corrected chi connectivity index (χ3v) is 6.82. The standard InChI is InChI=1S/C19H24N4OS/c24-19(21-17-11-23-7-5-13(17)6-8-23)18-15-4-3-14(9-16(15)22-25-18)20-10-12-1-2-12/h3-4,9,12-13,17,20H,1-2,5-8,10-11H2,(H,21,24)/t17-/m1/s1. The van der Waals surface area contributed by atoms with Gasteiger partial charge in [-0.3, -0.25) is 4.79 Å². The molecule has 1 aromatic heterocycles. The minimum atomic E-state index is 0.0462. The highest BCUT2D eigenvalue weighted by atomic mass is 32.1. The van der Waals surface area contributed by atoms with Gasteiger partial charge in [0.2, 0.25) is 0 Å². The second kappa shape index (κ2) is 6.25. The zero-order valence-corrected chi connectivity index (χ0v) is 15.1. The first-order valence-corrected chi connectivity index (χ1v) is 10.2. The van der Waals surface area contributed by atoms with E-state index in [1.165, 1.54) is 50.3 Å². The first kappa shape index (κ1) is 15.6. The molecule has 0 unspecified atom stereocenters. The van der Waals surface area contributed by atoms with E-state index in [2.05, 4.69) is 32.0 Å². The quantitative estimate of drug-likeness (QED) is 0.865. The number of nitrogens with one attached hydrogen (secondary N) is 2. The van der Waals surface area contributed by atoms with Crippen LogP contribution in [0.25, 0.3) is 10.9 Å². The molecule has 4 aliphatic rings. The summed E-state index contributed by atoms with van der Waals surface area (Å²) >= 11 is 1.32. The third-order valence-electron chi connectivity index (χ3n) is 5.95. The molecular weight excluding hydrogens is 332 g/mol. The third kappa shape index (κ3) is 3.13. The van der Waals surface area contributed by atoms with Gasteiger partial charge in [-0.25, -0.2) is 0 Å². The van der Waals surface area contributed by atoms with Crippen LogP contribution >= 0.6 is 11.5 Å². The molecule has 0 radical (unpaired) electrons. The maximum atomic E-state index is 12.8. The Morgan fingerprint density at radius 3 is 2.80 bits per heavy atom. The fourth-order valence-corrected chi connectivity index (χ4v) is 4.92. The second-order valence-electron chi connectivity index (χ2n) is 7.79. The molecule has 6 heteroatoms. The molecule has 4 fully saturated rings. The van der Waals surface area contributed by atoms with Crippen LogP contribution in [0.3, 0.4) is 0 Å². The Kier molecular flexibility index (Phi) is 3.90. The molecule has 1 aliphatic carbocycles. The lowest BCUT2D eigenvalue weighted by atomic mass is 9.84. The van der Waals surface area contributed by atoms with Gasteiger partial charge in [-0.1, -0.05) is 0 Å². The number of aromatic nitrogens is 1. The Labute approximate surface area is 151 Å². The van der Waals surface area contributed by atoms with Crippen molar-refractivity contribution in [3.05, 3.63) is 23.1 Å². The van der Waals surface area contributed by atoms with E-state index in [0.29, 0.717) is 12.0 Å². The van der Waals surface area contributed by atoms with Gasteiger partial charge in [-0.15, -0.1) is 0 Å². The largest absolute Gasteiger partial charge is 0.385 e. The molecule has 25 heavy (non-hydrogen) atoms. The monoisotopic (exact) mass is 356 g/mol. The van der Waals surface area contributed by atoms with Crippen molar-refractivity contribution in [1.29, 1.82) is 0 Å². The number of amides is 1. The van der Waals surface area contributed by atoms with E-state index in [-0.39, 0.29) is 5.91 Å². The van der Waals surface area contributed by atoms with E-state index in [4.69, 9.17) is 0 Å². The lowest BCUT2D eigenvalue weighted by molar-refractivity contribution is 0.0623. The van der Waals surface area contributed by atoms with Crippen molar-refractivity contribution in [1.82, 2.24) is 14.6 Å². The molecule has 5 nitrogen and oxygen atoms in total. The number of carbonyl (C=O) groups is 1. The van der Waals surface area contributed by atoms with Crippen LogP contribution in [0.5, 0.6) is 0 Å². The number of carbonyl (C=O) groups excluding carboxylic acids is 1. The molecule has 0 spiro atoms. The predicted octanol–water partition coefficient (Wildman–Crippen LogP) is 2.94. The highest BCUT2D eigenvalue weighted by Gasteiger charge is 2.35. The maximum absolute atomic E-state index is 12.8. The highest BCUT2D eigenvalue weighted by Crippen LogP contribution is 2.31. The van der Waals surface area contributed by atoms with E-state index >= 15 is 0 Å². The lowest BCUT2D eigenvalue weighted by Gasteiger charge is -2.44. The molecule has 2 bridgehead atoms. The number of fused-ring (bicyclic) bond motifs is 4. The van der Waals surface area contributed by atoms with Crippen molar-refractivity contribution in [2.45, 2.75) is 31.7 Å². The summed E-state index contributed by atoms with van der Waals surface area (Å²) in [7, 11) is 0. The van der Waals surface area contributed by atoms with Crippen LogP contribution in [0.2, 0.25) is 0 Å². The highest BCUT2D eigenvalue weighted by molar-refractivity contribution is 7.09. The molecule has 3 aliphatic heterocycles. The van der Waals surface area contributed by atoms with Crippen LogP contribution in [0.15, 0.2) is 18.2 Å². The smallest absolute Gasteiger partial charge is 0.263 e. The topological polar surface area (TPSA) is 57.3 Å². The van der Waals surface area contributed by atoms with Crippen molar-refractivity contribution in [3.63, 3.8) is 0 Å². The lowest BCUT2D eigenvalue weighted by Crippen LogP contribution is -2.57. The van der Waals surface area contributed by atoms with Crippen LogP contribution < -0.4 is 10.6 Å². The van der Waals surface area contributed by atoms with Gasteiger partial charge in [-0.05, 0) is 80.3 Å². The number of rotatable bonds is 5. The number of anilines is 1. The molecule has 2 aromatic rings. The second-order valence-corrected chi connectivity index (χ2v) is 8.56. The zero-order valence-electron chi connectivity index (χ0n) is 14.3. The molecule has 132 valence electrons. The van der Waals surface area contributed by atoms with Crippen LogP contribution in [-0.4, -0.2) is 47.4 Å². The van der Waals surface area contributed by atoms with Crippen molar-refractivity contribution >= 4 is 34.0 Å². The summed E-state index contributed by atoms with van der Waals surface area (Å²) in [5, 5.41) is 7.73. The number of piperidine rings is 3. The Hall–Kier alpha value is -1.66. The number of hydrogen-bond acceptors (Lipinski definition) is 5. The normalized spacial score (nSPS) is 28.2. The molecule has 1 atom stereocenters. The van der Waals surface area contributed by atoms with E-state index in [1.54, 1.807) is 0 Å². The van der Waals surface area contributed by atoms with E-state index < -0.39 is 0 Å². The molecule has 6 rings (SSSR count). The van der Waals surface area contributed by atoms with Crippen LogP contribution in [0.1, 0.15) is 35.4 Å². The Morgan fingerprint density at radius 2 is 2.08 bits per heavy atom. The fraction of sp³-hybridized carbons (Fsp3) is 0.579. The van der Waals surface area contributed by atoms with Crippen molar-refractivity contribution in [2.24, 2.45) is 11.8 Å². The summed E-state index contributed by atoms with van der Waals surface area (Å²) in [5.41, 5.74) is 2.03. The molecular formula is C19H24N4OS. The summed E-state index contributed by atoms with van der Waals surface area (Å²) < 4.78 is 4.51. The van der Waals surface area contributed by atoms with Crippen molar-refractivity contribution < 1.29 is 4.79 Å². The summed E-state index contributed by atoms with van der Waals surface area (Å²) in [6.07, 6.45) is 5.11. The first-order chi connectivity index (χ1) is 12.3. The summed E-state index contributed by atoms with van der Waals surface area (Å²) in [6, 6.07) is 6.48. The van der Waals surface area contributed by atoms with Gasteiger partial charge < -0.3 is 15.5 Å². The summed E-state index contributed by atoms with van der Waals surface area (Å²) in [4.78, 5) is 16.0. The molecule has 2 N–H and O–H groups in total. The average molecular weight is 356 g/mol. The predicted molar refractivity (Wildman–Crippen MR) is 101 cm³/mol. The van der Waals surface area contributed by atoms with Gasteiger partial charge in [0.1, 0.15) is 4.88 Å². The molecule has 4 heterocycles. The maximum Gasteiger partial charge on any atom is 0.263 e. The minimum absolute atomic E-state index is 0.0462. The Balaban J connectivity index is 1.30. The van der Waals surface area contributed by atoms with Gasteiger partial charge in [0.15, 0.2) is 0 Å². The van der Waals surface area contributed by atoms with Gasteiger partial charge in [0, 0.05) is 30.2 Å². The van der Waals surface area contributed by atoms with Crippen LogP contribution in [0.4, 0.5) is 5.69 Å². The summed E-state index contributed by atoms with van der Waals surface area (Å²) in [6.45, 7) is 4.43. The van der Waals surface area contributed by atoms with Crippen LogP contribution in [0, 0.1) is 11.8 Å². The van der Waals surface area contributed by atoms with Crippen molar-refractivity contribution in [2.75, 3.05) is 31.5 Å². The van der Waals surface area contributed by atoms with Crippen molar-refractivity contribution in [3.8, 4) is 0 Å². The van der Waals surface area contributed by atoms with E-state index in [0.717, 1.165) is 40.5 Å². The Morgan fingerprint density at radius 1 is 1.24 bits per heavy atom. The average Bonchev–Trinajstić information content (AvgIpc) is 3.38. The van der Waals surface area contributed by atoms with E-state index in [9.17, 15) is 4.79 Å². The van der Waals surface area contributed by atoms with Crippen LogP contribution in [-0.2, 0) is 0 Å². The first-order valence-electron chi connectivity index (χ1n) is 9.43. The van der Waals surface area contributed by atoms with Gasteiger partial charge in [0.05, 0.1) is 5.52 Å². The number of benzene rings is 1. The van der Waals surface area contributed by atoms with Gasteiger partial charge >= 0.3 is 0 Å². The molecule has 1 amide bonds. The number of hydrogen-bond donors (Lipinski definition) is 2. The Bertz CT molecular complexity index is 792. The van der Waals surface area contributed by atoms with E-state index in [1.807, 2.05) is 6.07 Å². The molecule has 1 aromatic carbocycles. The number of nitrogens with zero attached hydrogens (tertiary/aromatic N) is 2. The summed E-state index contributed by atoms with van der Waals surface area (Å²) in [5.74, 6) is 1.53. The fourth-order valence-electron chi connectivity index (χ4n) is 4.16. The van der Waals surface area contributed by atoms with Gasteiger partial charge in [0.25, 0.3) is 5.91 Å². The minimum Gasteiger partial charge on any atom is -0.385 e. The molecule has 3 saturated heterocycles. The van der Waals surface area contributed by atoms with Gasteiger partial charge in [-0.2, -0.15) is 4.37 Å². The SMILES string of the molecule is O=C(N[C@@H]1CN2CCC1CC2)c1snc2cc(NCC3CC3)ccc12. The zero-order chi connectivity index (χ0) is 16.8. The molecule has 1 saturated carbocycles.